The smallest absolute Gasteiger partial charge is 0.261 e. The average molecular weight is 279 g/mol. The number of carbonyl (C=O) groups is 1. The van der Waals surface area contributed by atoms with Crippen LogP contribution in [-0.4, -0.2) is 18.0 Å². The summed E-state index contributed by atoms with van der Waals surface area (Å²) in [4.78, 5) is 26.2. The molecule has 0 aliphatic carbocycles. The molecule has 5 nitrogen and oxygen atoms in total. The van der Waals surface area contributed by atoms with Crippen LogP contribution in [0.5, 0.6) is 5.75 Å². The van der Waals surface area contributed by atoms with Crippen LogP contribution >= 0.6 is 11.6 Å². The fourth-order valence-corrected chi connectivity index (χ4v) is 1.68. The first-order chi connectivity index (χ1) is 9.11. The molecule has 2 rings (SSSR count). The average Bonchev–Trinajstić information content (AvgIpc) is 2.41. The van der Waals surface area contributed by atoms with Crippen molar-refractivity contribution < 1.29 is 9.53 Å². The minimum absolute atomic E-state index is 0.0152. The molecule has 0 spiro atoms. The number of benzene rings is 1. The molecule has 1 amide bonds. The van der Waals surface area contributed by atoms with E-state index < -0.39 is 5.91 Å². The molecule has 0 saturated heterocycles. The number of H-pyrrole nitrogens is 1. The van der Waals surface area contributed by atoms with Crippen LogP contribution in [0.2, 0.25) is 5.02 Å². The molecule has 0 radical (unpaired) electrons. The third kappa shape index (κ3) is 2.95. The molecule has 2 N–H and O–H groups in total. The molecule has 0 saturated carbocycles. The summed E-state index contributed by atoms with van der Waals surface area (Å²) < 4.78 is 5.04. The number of methoxy groups -OCH3 is 1. The molecule has 1 heterocycles. The molecule has 0 bridgehead atoms. The summed E-state index contributed by atoms with van der Waals surface area (Å²) in [5, 5.41) is 2.93. The van der Waals surface area contributed by atoms with Crippen LogP contribution in [0.25, 0.3) is 0 Å². The minimum atomic E-state index is -0.531. The van der Waals surface area contributed by atoms with Gasteiger partial charge < -0.3 is 15.0 Å². The summed E-state index contributed by atoms with van der Waals surface area (Å²) in [5.74, 6) is 0.0266. The maximum atomic E-state index is 12.0. The molecule has 0 atom stereocenters. The Labute approximate surface area is 114 Å². The number of aromatic nitrogens is 1. The van der Waals surface area contributed by atoms with Crippen LogP contribution in [0.3, 0.4) is 0 Å². The van der Waals surface area contributed by atoms with Gasteiger partial charge in [-0.25, -0.2) is 0 Å². The second-order valence-electron chi connectivity index (χ2n) is 3.72. The first kappa shape index (κ1) is 13.2. The zero-order valence-electron chi connectivity index (χ0n) is 10.1. The molecule has 0 aliphatic rings. The van der Waals surface area contributed by atoms with Crippen molar-refractivity contribution in [3.63, 3.8) is 0 Å². The molecule has 19 heavy (non-hydrogen) atoms. The van der Waals surface area contributed by atoms with Gasteiger partial charge in [-0.3, -0.25) is 9.59 Å². The van der Waals surface area contributed by atoms with Gasteiger partial charge in [0.15, 0.2) is 5.43 Å². The fourth-order valence-electron chi connectivity index (χ4n) is 1.51. The summed E-state index contributed by atoms with van der Waals surface area (Å²) in [6, 6.07) is 6.14. The van der Waals surface area contributed by atoms with Crippen molar-refractivity contribution in [3.8, 4) is 5.75 Å². The highest BCUT2D eigenvalue weighted by atomic mass is 35.5. The predicted octanol–water partition coefficient (Wildman–Crippen LogP) is 2.29. The summed E-state index contributed by atoms with van der Waals surface area (Å²) in [6.07, 6.45) is 2.80. The molecule has 6 heteroatoms. The van der Waals surface area contributed by atoms with E-state index in [1.54, 1.807) is 18.2 Å². The van der Waals surface area contributed by atoms with Crippen LogP contribution in [0.4, 0.5) is 5.69 Å². The van der Waals surface area contributed by atoms with Gasteiger partial charge in [0.1, 0.15) is 11.3 Å². The number of rotatable bonds is 3. The van der Waals surface area contributed by atoms with Crippen molar-refractivity contribution in [3.05, 3.63) is 57.5 Å². The van der Waals surface area contributed by atoms with E-state index in [2.05, 4.69) is 10.3 Å². The highest BCUT2D eigenvalue weighted by Crippen LogP contribution is 2.26. The Hall–Kier alpha value is -2.27. The maximum absolute atomic E-state index is 12.0. The van der Waals surface area contributed by atoms with E-state index in [4.69, 9.17) is 16.3 Å². The number of pyridine rings is 1. The lowest BCUT2D eigenvalue weighted by molar-refractivity contribution is 0.102. The molecular weight excluding hydrogens is 268 g/mol. The second kappa shape index (κ2) is 5.58. The number of ether oxygens (including phenoxy) is 1. The number of nitrogens with one attached hydrogen (secondary N) is 2. The lowest BCUT2D eigenvalue weighted by atomic mass is 10.2. The molecular formula is C13H11ClN2O3. The van der Waals surface area contributed by atoms with Crippen molar-refractivity contribution in [1.82, 2.24) is 4.98 Å². The predicted molar refractivity (Wildman–Crippen MR) is 73.0 cm³/mol. The van der Waals surface area contributed by atoms with E-state index in [0.717, 1.165) is 0 Å². The quantitative estimate of drug-likeness (QED) is 0.905. The third-order valence-electron chi connectivity index (χ3n) is 2.49. The number of hydrogen-bond acceptors (Lipinski definition) is 3. The number of carbonyl (C=O) groups excluding carboxylic acids is 1. The number of amides is 1. The molecule has 0 aliphatic heterocycles. The first-order valence-electron chi connectivity index (χ1n) is 5.44. The number of halogens is 1. The van der Waals surface area contributed by atoms with Gasteiger partial charge in [0.25, 0.3) is 5.91 Å². The Bertz CT molecular complexity index is 667. The van der Waals surface area contributed by atoms with Gasteiger partial charge >= 0.3 is 0 Å². The van der Waals surface area contributed by atoms with Crippen molar-refractivity contribution in [1.29, 1.82) is 0 Å². The summed E-state index contributed by atoms with van der Waals surface area (Å²) in [6.45, 7) is 0. The van der Waals surface area contributed by atoms with E-state index in [1.807, 2.05) is 0 Å². The van der Waals surface area contributed by atoms with Gasteiger partial charge in [0, 0.05) is 24.5 Å². The van der Waals surface area contributed by atoms with E-state index in [1.165, 1.54) is 25.6 Å². The number of anilines is 1. The minimum Gasteiger partial charge on any atom is -0.497 e. The van der Waals surface area contributed by atoms with Crippen molar-refractivity contribution in [2.45, 2.75) is 0 Å². The van der Waals surface area contributed by atoms with Gasteiger partial charge in [0.05, 0.1) is 17.8 Å². The second-order valence-corrected chi connectivity index (χ2v) is 4.13. The lowest BCUT2D eigenvalue weighted by Crippen LogP contribution is -2.21. The third-order valence-corrected chi connectivity index (χ3v) is 2.82. The highest BCUT2D eigenvalue weighted by Gasteiger charge is 2.12. The van der Waals surface area contributed by atoms with Gasteiger partial charge in [-0.2, -0.15) is 0 Å². The molecule has 98 valence electrons. The van der Waals surface area contributed by atoms with Crippen molar-refractivity contribution in [2.75, 3.05) is 12.4 Å². The number of aromatic amines is 1. The molecule has 0 fully saturated rings. The monoisotopic (exact) mass is 278 g/mol. The Kier molecular flexibility index (Phi) is 3.87. The largest absolute Gasteiger partial charge is 0.497 e. The van der Waals surface area contributed by atoms with Gasteiger partial charge in [-0.05, 0) is 12.1 Å². The maximum Gasteiger partial charge on any atom is 0.261 e. The van der Waals surface area contributed by atoms with Gasteiger partial charge in [0.2, 0.25) is 0 Å². The van der Waals surface area contributed by atoms with E-state index >= 15 is 0 Å². The molecule has 0 unspecified atom stereocenters. The van der Waals surface area contributed by atoms with E-state index in [-0.39, 0.29) is 11.0 Å². The summed E-state index contributed by atoms with van der Waals surface area (Å²) in [7, 11) is 1.51. The van der Waals surface area contributed by atoms with Crippen LogP contribution in [0, 0.1) is 0 Å². The van der Waals surface area contributed by atoms with Gasteiger partial charge in [-0.15, -0.1) is 0 Å². The van der Waals surface area contributed by atoms with E-state index in [0.29, 0.717) is 16.5 Å². The first-order valence-corrected chi connectivity index (χ1v) is 5.81. The standard InChI is InChI=1S/C13H11ClN2O3/c1-19-8-2-3-10(14)11(6-8)16-13(18)9-7-15-5-4-12(9)17/h2-7H,1H3,(H,15,17)(H,16,18). The summed E-state index contributed by atoms with van der Waals surface area (Å²) >= 11 is 5.97. The topological polar surface area (TPSA) is 71.2 Å². The SMILES string of the molecule is COc1ccc(Cl)c(NC(=O)c2c[nH]ccc2=O)c1. The molecule has 1 aromatic carbocycles. The Morgan fingerprint density at radius 1 is 1.37 bits per heavy atom. The van der Waals surface area contributed by atoms with Gasteiger partial charge in [-0.1, -0.05) is 11.6 Å². The lowest BCUT2D eigenvalue weighted by Gasteiger charge is -2.08. The summed E-state index contributed by atoms with van der Waals surface area (Å²) in [5.41, 5.74) is 0.0333. The van der Waals surface area contributed by atoms with Crippen molar-refractivity contribution in [2.24, 2.45) is 0 Å². The molecule has 2 aromatic rings. The Morgan fingerprint density at radius 3 is 2.84 bits per heavy atom. The van der Waals surface area contributed by atoms with Crippen molar-refractivity contribution >= 4 is 23.2 Å². The Balaban J connectivity index is 2.29. The Morgan fingerprint density at radius 2 is 2.16 bits per heavy atom. The molecule has 1 aromatic heterocycles. The fraction of sp³-hybridized carbons (Fsp3) is 0.0769. The van der Waals surface area contributed by atoms with Crippen LogP contribution in [0.1, 0.15) is 10.4 Å². The van der Waals surface area contributed by atoms with Crippen LogP contribution in [0.15, 0.2) is 41.5 Å². The zero-order valence-corrected chi connectivity index (χ0v) is 10.8. The zero-order chi connectivity index (χ0) is 13.8. The highest BCUT2D eigenvalue weighted by molar-refractivity contribution is 6.34. The van der Waals surface area contributed by atoms with Crippen LogP contribution in [-0.2, 0) is 0 Å². The van der Waals surface area contributed by atoms with E-state index in [9.17, 15) is 9.59 Å². The van der Waals surface area contributed by atoms with Crippen LogP contribution < -0.4 is 15.5 Å². The number of hydrogen-bond donors (Lipinski definition) is 2. The normalized spacial score (nSPS) is 10.0.